The number of amides is 1. The molecule has 0 spiro atoms. The van der Waals surface area contributed by atoms with Crippen molar-refractivity contribution in [2.75, 3.05) is 32.8 Å². The number of para-hydroxylation sites is 1. The molecule has 0 radical (unpaired) electrons. The van der Waals surface area contributed by atoms with Gasteiger partial charge in [0.1, 0.15) is 23.0 Å². The normalized spacial score (nSPS) is 16.5. The number of hydrogen-bond acceptors (Lipinski definition) is 6. The first-order valence-electron chi connectivity index (χ1n) is 13.9. The average Bonchev–Trinajstić information content (AvgIpc) is 3.22. The van der Waals surface area contributed by atoms with Crippen molar-refractivity contribution in [3.05, 3.63) is 95.1 Å². The van der Waals surface area contributed by atoms with Crippen LogP contribution in [0.1, 0.15) is 49.9 Å². The van der Waals surface area contributed by atoms with Gasteiger partial charge in [0.25, 0.3) is 11.7 Å². The van der Waals surface area contributed by atoms with Crippen LogP contribution >= 0.6 is 0 Å². The van der Waals surface area contributed by atoms with Crippen molar-refractivity contribution < 1.29 is 24.2 Å². The molecule has 0 bridgehead atoms. The molecule has 1 aliphatic rings. The molecule has 1 amide bonds. The lowest BCUT2D eigenvalue weighted by Gasteiger charge is -2.28. The second-order valence-corrected chi connectivity index (χ2v) is 9.84. The number of aliphatic hydroxyl groups excluding tert-OH is 1. The van der Waals surface area contributed by atoms with Gasteiger partial charge in [-0.3, -0.25) is 9.59 Å². The highest BCUT2D eigenvalue weighted by Gasteiger charge is 2.46. The fourth-order valence-electron chi connectivity index (χ4n) is 4.95. The van der Waals surface area contributed by atoms with Gasteiger partial charge in [-0.05, 0) is 80.0 Å². The van der Waals surface area contributed by atoms with E-state index in [2.05, 4.69) is 18.7 Å². The maximum atomic E-state index is 13.5. The lowest BCUT2D eigenvalue weighted by atomic mass is 9.94. The predicted octanol–water partition coefficient (Wildman–Crippen LogP) is 6.34. The van der Waals surface area contributed by atoms with E-state index in [1.54, 1.807) is 23.1 Å². The van der Waals surface area contributed by atoms with Gasteiger partial charge in [0.05, 0.1) is 18.2 Å². The van der Waals surface area contributed by atoms with Gasteiger partial charge in [-0.15, -0.1) is 0 Å². The average molecular weight is 543 g/mol. The van der Waals surface area contributed by atoms with Crippen LogP contribution in [0.3, 0.4) is 0 Å². The number of nitrogens with zero attached hydrogens (tertiary/aromatic N) is 2. The van der Waals surface area contributed by atoms with Crippen LogP contribution in [-0.2, 0) is 9.59 Å². The van der Waals surface area contributed by atoms with Crippen molar-refractivity contribution in [3.8, 4) is 17.2 Å². The van der Waals surface area contributed by atoms with Gasteiger partial charge in [0.2, 0.25) is 0 Å². The Hall–Kier alpha value is -4.10. The van der Waals surface area contributed by atoms with Crippen LogP contribution in [0, 0.1) is 6.92 Å². The first-order valence-corrected chi connectivity index (χ1v) is 13.9. The fourth-order valence-corrected chi connectivity index (χ4v) is 4.95. The molecule has 0 unspecified atom stereocenters. The van der Waals surface area contributed by atoms with Gasteiger partial charge in [-0.25, -0.2) is 0 Å². The summed E-state index contributed by atoms with van der Waals surface area (Å²) in [6, 6.07) is 21.3. The Labute approximate surface area is 236 Å². The monoisotopic (exact) mass is 542 g/mol. The van der Waals surface area contributed by atoms with E-state index in [-0.39, 0.29) is 11.3 Å². The van der Waals surface area contributed by atoms with Crippen molar-refractivity contribution in [2.24, 2.45) is 0 Å². The molecule has 7 heteroatoms. The van der Waals surface area contributed by atoms with Gasteiger partial charge in [0, 0.05) is 18.7 Å². The van der Waals surface area contributed by atoms with Gasteiger partial charge >= 0.3 is 0 Å². The van der Waals surface area contributed by atoms with E-state index >= 15 is 0 Å². The van der Waals surface area contributed by atoms with E-state index < -0.39 is 17.7 Å². The first kappa shape index (κ1) is 28.9. The van der Waals surface area contributed by atoms with E-state index in [4.69, 9.17) is 9.47 Å². The number of carbonyl (C=O) groups excluding carboxylic acids is 2. The number of hydrogen-bond donors (Lipinski definition) is 1. The van der Waals surface area contributed by atoms with Crippen molar-refractivity contribution >= 4 is 17.4 Å². The fraction of sp³-hybridized carbons (Fsp3) is 0.333. The number of carbonyl (C=O) groups is 2. The Kier molecular flexibility index (Phi) is 9.61. The number of aryl methyl sites for hydroxylation is 1. The summed E-state index contributed by atoms with van der Waals surface area (Å²) in [5.41, 5.74) is 2.06. The van der Waals surface area contributed by atoms with Gasteiger partial charge in [0.15, 0.2) is 0 Å². The zero-order chi connectivity index (χ0) is 28.6. The SMILES string of the molecule is CCCOc1ccc(C(O)=C2C(=O)C(=O)N(CCN(CC)CC)[C@H]2c2cccc(Oc3ccccc3)c2)cc1C. The van der Waals surface area contributed by atoms with Crippen LogP contribution in [0.2, 0.25) is 0 Å². The summed E-state index contributed by atoms with van der Waals surface area (Å²) in [6.45, 7) is 11.3. The molecule has 1 fully saturated rings. The minimum Gasteiger partial charge on any atom is -0.507 e. The molecule has 1 saturated heterocycles. The molecule has 7 nitrogen and oxygen atoms in total. The molecule has 0 aromatic heterocycles. The number of Topliss-reactive ketones (excluding diaryl/α,β-unsaturated/α-hetero) is 1. The number of likely N-dealkylation sites (N-methyl/N-ethyl adjacent to an activating group) is 1. The second-order valence-electron chi connectivity index (χ2n) is 9.84. The van der Waals surface area contributed by atoms with Crippen LogP contribution in [0.4, 0.5) is 0 Å². The predicted molar refractivity (Wildman–Crippen MR) is 157 cm³/mol. The Balaban J connectivity index is 1.77. The molecule has 1 N–H and O–H groups in total. The third kappa shape index (κ3) is 6.37. The molecular formula is C33H38N2O5. The van der Waals surface area contributed by atoms with E-state index in [9.17, 15) is 14.7 Å². The summed E-state index contributed by atoms with van der Waals surface area (Å²) in [5.74, 6) is 0.462. The smallest absolute Gasteiger partial charge is 0.295 e. The van der Waals surface area contributed by atoms with E-state index in [0.29, 0.717) is 42.3 Å². The Morgan fingerprint density at radius 1 is 0.925 bits per heavy atom. The Morgan fingerprint density at radius 2 is 1.65 bits per heavy atom. The highest BCUT2D eigenvalue weighted by Crippen LogP contribution is 2.41. The van der Waals surface area contributed by atoms with Crippen LogP contribution < -0.4 is 9.47 Å². The molecule has 4 rings (SSSR count). The van der Waals surface area contributed by atoms with Crippen molar-refractivity contribution in [1.29, 1.82) is 0 Å². The molecule has 0 aliphatic carbocycles. The van der Waals surface area contributed by atoms with E-state index in [1.807, 2.05) is 68.4 Å². The largest absolute Gasteiger partial charge is 0.507 e. The van der Waals surface area contributed by atoms with E-state index in [0.717, 1.165) is 30.8 Å². The highest BCUT2D eigenvalue weighted by molar-refractivity contribution is 6.46. The maximum absolute atomic E-state index is 13.5. The quantitative estimate of drug-likeness (QED) is 0.163. The highest BCUT2D eigenvalue weighted by atomic mass is 16.5. The van der Waals surface area contributed by atoms with Gasteiger partial charge < -0.3 is 24.4 Å². The summed E-state index contributed by atoms with van der Waals surface area (Å²) >= 11 is 0. The van der Waals surface area contributed by atoms with Crippen LogP contribution in [0.5, 0.6) is 17.2 Å². The molecule has 40 heavy (non-hydrogen) atoms. The summed E-state index contributed by atoms with van der Waals surface area (Å²) in [5, 5.41) is 11.5. The molecule has 1 aliphatic heterocycles. The number of ketones is 1. The number of aliphatic hydroxyl groups is 1. The lowest BCUT2D eigenvalue weighted by molar-refractivity contribution is -0.140. The number of rotatable bonds is 12. The van der Waals surface area contributed by atoms with Gasteiger partial charge in [-0.2, -0.15) is 0 Å². The zero-order valence-electron chi connectivity index (χ0n) is 23.7. The summed E-state index contributed by atoms with van der Waals surface area (Å²) in [4.78, 5) is 30.7. The molecule has 1 atom stereocenters. The lowest BCUT2D eigenvalue weighted by Crippen LogP contribution is -2.38. The number of benzene rings is 3. The Morgan fingerprint density at radius 3 is 2.33 bits per heavy atom. The molecule has 1 heterocycles. The minimum absolute atomic E-state index is 0.0723. The minimum atomic E-state index is -0.758. The molecule has 0 saturated carbocycles. The topological polar surface area (TPSA) is 79.3 Å². The third-order valence-corrected chi connectivity index (χ3v) is 7.15. The van der Waals surface area contributed by atoms with Gasteiger partial charge in [-0.1, -0.05) is 51.1 Å². The first-order chi connectivity index (χ1) is 19.4. The number of likely N-dealkylation sites (tertiary alicyclic amines) is 1. The van der Waals surface area contributed by atoms with Crippen molar-refractivity contribution in [2.45, 2.75) is 40.2 Å². The third-order valence-electron chi connectivity index (χ3n) is 7.15. The second kappa shape index (κ2) is 13.3. The molecular weight excluding hydrogens is 504 g/mol. The summed E-state index contributed by atoms with van der Waals surface area (Å²) < 4.78 is 11.8. The summed E-state index contributed by atoms with van der Waals surface area (Å²) in [7, 11) is 0. The van der Waals surface area contributed by atoms with Crippen LogP contribution in [-0.4, -0.2) is 59.4 Å². The van der Waals surface area contributed by atoms with Crippen molar-refractivity contribution in [1.82, 2.24) is 9.80 Å². The maximum Gasteiger partial charge on any atom is 0.295 e. The summed E-state index contributed by atoms with van der Waals surface area (Å²) in [6.07, 6.45) is 0.880. The van der Waals surface area contributed by atoms with E-state index in [1.165, 1.54) is 0 Å². The number of ether oxygens (including phenoxy) is 2. The standard InChI is InChI=1S/C33H38N2O5/c1-5-20-39-28-17-16-25(21-23(28)4)31(36)29-30(35(33(38)32(29)37)19-18-34(6-2)7-3)24-12-11-15-27(22-24)40-26-13-9-8-10-14-26/h8-17,21-22,30,36H,5-7,18-20H2,1-4H3/t30-/m0/s1. The molecule has 210 valence electrons. The Bertz CT molecular complexity index is 1360. The molecule has 3 aromatic rings. The van der Waals surface area contributed by atoms with Crippen LogP contribution in [0.25, 0.3) is 5.76 Å². The van der Waals surface area contributed by atoms with Crippen LogP contribution in [0.15, 0.2) is 78.4 Å². The molecule has 3 aromatic carbocycles. The zero-order valence-corrected chi connectivity index (χ0v) is 23.7. The van der Waals surface area contributed by atoms with Crippen molar-refractivity contribution in [3.63, 3.8) is 0 Å².